The number of aromatic nitrogens is 4. The molecule has 0 aliphatic carbocycles. The molecule has 6 heteroatoms. The van der Waals surface area contributed by atoms with Crippen molar-refractivity contribution in [2.45, 2.75) is 0 Å². The second kappa shape index (κ2) is 9.86. The van der Waals surface area contributed by atoms with Crippen molar-refractivity contribution in [3.8, 4) is 28.3 Å². The quantitative estimate of drug-likeness (QED) is 0.195. The van der Waals surface area contributed by atoms with Crippen LogP contribution < -0.4 is 0 Å². The molecule has 5 aromatic heterocycles. The van der Waals surface area contributed by atoms with Gasteiger partial charge in [0.1, 0.15) is 11.1 Å². The molecule has 0 saturated carbocycles. The molecule has 49 heavy (non-hydrogen) atoms. The van der Waals surface area contributed by atoms with Gasteiger partial charge in [-0.1, -0.05) is 109 Å². The van der Waals surface area contributed by atoms with Gasteiger partial charge in [0.25, 0.3) is 0 Å². The summed E-state index contributed by atoms with van der Waals surface area (Å²) in [4.78, 5) is 15.2. The predicted molar refractivity (Wildman–Crippen MR) is 197 cm³/mol. The zero-order valence-corrected chi connectivity index (χ0v) is 26.0. The minimum absolute atomic E-state index is 0.548. The van der Waals surface area contributed by atoms with Crippen LogP contribution in [0.2, 0.25) is 0 Å². The predicted octanol–water partition coefficient (Wildman–Crippen LogP) is 11.3. The highest BCUT2D eigenvalue weighted by molar-refractivity contribution is 6.23. The molecule has 0 unspecified atom stereocenters. The van der Waals surface area contributed by atoms with Crippen LogP contribution >= 0.6 is 0 Å². The number of fused-ring (bicyclic) bond motifs is 12. The Morgan fingerprint density at radius 1 is 0.490 bits per heavy atom. The Morgan fingerprint density at radius 3 is 2.06 bits per heavy atom. The molecule has 5 heterocycles. The molecule has 0 N–H and O–H groups in total. The molecular formula is C43H24N4O2. The first kappa shape index (κ1) is 26.3. The summed E-state index contributed by atoms with van der Waals surface area (Å²) in [6.07, 6.45) is 1.98. The Morgan fingerprint density at radius 2 is 1.20 bits per heavy atom. The summed E-state index contributed by atoms with van der Waals surface area (Å²) in [7, 11) is 0. The normalized spacial score (nSPS) is 12.1. The topological polar surface area (TPSA) is 69.9 Å². The van der Waals surface area contributed by atoms with Gasteiger partial charge in [0.2, 0.25) is 5.71 Å². The fourth-order valence-corrected chi connectivity index (χ4v) is 7.51. The first-order valence-corrected chi connectivity index (χ1v) is 16.3. The number of hydrogen-bond acceptors (Lipinski definition) is 5. The molecule has 0 aliphatic heterocycles. The van der Waals surface area contributed by atoms with E-state index in [0.717, 1.165) is 93.5 Å². The van der Waals surface area contributed by atoms with Crippen LogP contribution in [0.4, 0.5) is 0 Å². The van der Waals surface area contributed by atoms with E-state index < -0.39 is 0 Å². The van der Waals surface area contributed by atoms with Gasteiger partial charge < -0.3 is 13.4 Å². The average Bonchev–Trinajstić information content (AvgIpc) is 3.85. The molecular weight excluding hydrogens is 604 g/mol. The molecule has 11 aromatic rings. The Bertz CT molecular complexity index is 3100. The zero-order chi connectivity index (χ0) is 32.1. The van der Waals surface area contributed by atoms with Crippen molar-refractivity contribution in [1.82, 2.24) is 19.5 Å². The largest absolute Gasteiger partial charge is 0.454 e. The zero-order valence-electron chi connectivity index (χ0n) is 26.0. The van der Waals surface area contributed by atoms with E-state index in [1.165, 1.54) is 0 Å². The minimum atomic E-state index is 0.548. The van der Waals surface area contributed by atoms with Crippen LogP contribution in [-0.4, -0.2) is 19.5 Å². The van der Waals surface area contributed by atoms with Crippen LogP contribution in [0.5, 0.6) is 0 Å². The van der Waals surface area contributed by atoms with Crippen LogP contribution in [0.1, 0.15) is 0 Å². The Balaban J connectivity index is 1.27. The van der Waals surface area contributed by atoms with Crippen LogP contribution in [0, 0.1) is 0 Å². The third kappa shape index (κ3) is 3.68. The lowest BCUT2D eigenvalue weighted by Crippen LogP contribution is -1.95. The molecule has 6 nitrogen and oxygen atoms in total. The van der Waals surface area contributed by atoms with E-state index in [9.17, 15) is 0 Å². The highest BCUT2D eigenvalue weighted by Gasteiger charge is 2.24. The molecule has 0 radical (unpaired) electrons. The van der Waals surface area contributed by atoms with Crippen molar-refractivity contribution in [3.63, 3.8) is 0 Å². The maximum atomic E-state index is 6.85. The van der Waals surface area contributed by atoms with Crippen LogP contribution in [0.3, 0.4) is 0 Å². The first-order valence-electron chi connectivity index (χ1n) is 16.3. The highest BCUT2D eigenvalue weighted by Crippen LogP contribution is 2.43. The number of hydrogen-bond donors (Lipinski definition) is 0. The SMILES string of the molecule is c1ccc(-c2nc(-c3ccccc3)c3c(n2)oc2c(-n4c5ccccc5c5cnc6c(ccc7c8ccccc8oc76)c54)cccc23)cc1. The van der Waals surface area contributed by atoms with Gasteiger partial charge in [-0.3, -0.25) is 4.98 Å². The van der Waals surface area contributed by atoms with Crippen LogP contribution in [0.25, 0.3) is 105 Å². The number of rotatable bonds is 3. The summed E-state index contributed by atoms with van der Waals surface area (Å²) >= 11 is 0. The van der Waals surface area contributed by atoms with Gasteiger partial charge in [-0.15, -0.1) is 0 Å². The van der Waals surface area contributed by atoms with Crippen molar-refractivity contribution >= 4 is 76.7 Å². The molecule has 0 bridgehead atoms. The Labute approximate surface area is 278 Å². The lowest BCUT2D eigenvalue weighted by Gasteiger charge is -2.10. The van der Waals surface area contributed by atoms with Gasteiger partial charge in [-0.05, 0) is 30.3 Å². The number of furan rings is 2. The molecule has 0 fully saturated rings. The second-order valence-corrected chi connectivity index (χ2v) is 12.4. The highest BCUT2D eigenvalue weighted by atomic mass is 16.3. The van der Waals surface area contributed by atoms with Crippen molar-refractivity contribution in [1.29, 1.82) is 0 Å². The van der Waals surface area contributed by atoms with Gasteiger partial charge in [-0.25, -0.2) is 4.98 Å². The molecule has 0 spiro atoms. The maximum absolute atomic E-state index is 6.85. The fourth-order valence-electron chi connectivity index (χ4n) is 7.51. The summed E-state index contributed by atoms with van der Waals surface area (Å²) < 4.78 is 15.6. The summed E-state index contributed by atoms with van der Waals surface area (Å²) in [6.45, 7) is 0. The molecule has 0 aliphatic rings. The summed E-state index contributed by atoms with van der Waals surface area (Å²) in [6, 6.07) is 47.6. The molecule has 0 atom stereocenters. The average molecular weight is 629 g/mol. The Kier molecular flexibility index (Phi) is 5.29. The number of benzene rings is 6. The smallest absolute Gasteiger partial charge is 0.231 e. The summed E-state index contributed by atoms with van der Waals surface area (Å²) in [5, 5.41) is 7.15. The summed E-state index contributed by atoms with van der Waals surface area (Å²) in [5.74, 6) is 0.622. The van der Waals surface area contributed by atoms with E-state index in [0.29, 0.717) is 11.5 Å². The molecule has 11 rings (SSSR count). The van der Waals surface area contributed by atoms with Gasteiger partial charge in [0, 0.05) is 49.6 Å². The molecule has 0 saturated heterocycles. The standard InChI is InChI=1S/C43H24N4O2/c1-3-12-25(13-4-1)37-36-30-18-11-20-34(40(30)49-43(36)46-42(45-37)26-14-5-2-6-15-26)47-33-19-9-7-16-27(33)32-24-44-38-31(39(32)47)23-22-29-28-17-8-10-21-35(28)48-41(29)38/h1-24H. The fraction of sp³-hybridized carbons (Fsp3) is 0. The monoisotopic (exact) mass is 628 g/mol. The summed E-state index contributed by atoms with van der Waals surface area (Å²) in [5.41, 5.74) is 9.54. The van der Waals surface area contributed by atoms with E-state index in [4.69, 9.17) is 23.8 Å². The van der Waals surface area contributed by atoms with Crippen molar-refractivity contribution in [3.05, 3.63) is 146 Å². The van der Waals surface area contributed by atoms with Crippen LogP contribution in [0.15, 0.2) is 155 Å². The van der Waals surface area contributed by atoms with Crippen molar-refractivity contribution in [2.75, 3.05) is 0 Å². The van der Waals surface area contributed by atoms with Gasteiger partial charge in [0.05, 0.1) is 27.8 Å². The molecule has 0 amide bonds. The number of pyridine rings is 1. The third-order valence-electron chi connectivity index (χ3n) is 9.67. The molecule has 6 aromatic carbocycles. The molecule has 228 valence electrons. The van der Waals surface area contributed by atoms with E-state index in [1.54, 1.807) is 0 Å². The maximum Gasteiger partial charge on any atom is 0.231 e. The lowest BCUT2D eigenvalue weighted by molar-refractivity contribution is 0.651. The lowest BCUT2D eigenvalue weighted by atomic mass is 10.0. The van der Waals surface area contributed by atoms with Crippen molar-refractivity contribution in [2.24, 2.45) is 0 Å². The van der Waals surface area contributed by atoms with E-state index >= 15 is 0 Å². The second-order valence-electron chi connectivity index (χ2n) is 12.4. The van der Waals surface area contributed by atoms with E-state index in [2.05, 4.69) is 77.4 Å². The van der Waals surface area contributed by atoms with Gasteiger partial charge in [0.15, 0.2) is 17.0 Å². The first-order chi connectivity index (χ1) is 24.3. The van der Waals surface area contributed by atoms with Crippen molar-refractivity contribution < 1.29 is 8.83 Å². The minimum Gasteiger partial charge on any atom is -0.454 e. The Hall–Kier alpha value is -6.79. The van der Waals surface area contributed by atoms with Gasteiger partial charge in [-0.2, -0.15) is 4.98 Å². The van der Waals surface area contributed by atoms with Crippen LogP contribution in [-0.2, 0) is 0 Å². The third-order valence-corrected chi connectivity index (χ3v) is 9.67. The number of nitrogens with zero attached hydrogens (tertiary/aromatic N) is 4. The van der Waals surface area contributed by atoms with E-state index in [-0.39, 0.29) is 0 Å². The van der Waals surface area contributed by atoms with E-state index in [1.807, 2.05) is 72.9 Å². The number of para-hydroxylation sites is 3. The van der Waals surface area contributed by atoms with Gasteiger partial charge >= 0.3 is 0 Å².